The molecular weight excluding hydrogens is 376 g/mol. The van der Waals surface area contributed by atoms with Gasteiger partial charge in [0.1, 0.15) is 6.10 Å². The summed E-state index contributed by atoms with van der Waals surface area (Å²) in [5.74, 6) is 0.352. The number of aryl methyl sites for hydroxylation is 1. The lowest BCUT2D eigenvalue weighted by Crippen LogP contribution is -2.38. The molecule has 0 aromatic heterocycles. The number of methoxy groups -OCH3 is 1. The van der Waals surface area contributed by atoms with Crippen LogP contribution in [-0.2, 0) is 4.74 Å². The molecule has 0 aliphatic carbocycles. The largest absolute Gasteiger partial charge is 0.369 e. The summed E-state index contributed by atoms with van der Waals surface area (Å²) in [6.45, 7) is 3.23. The standard InChI is InChI=1S/C24H26N4O2/c1-16-3-6-20(13-21(16)23(27)22(15-26)30-2)24(29)28-11-9-19(10-12-28)18-7-4-17(14-25)5-8-18/h3-8,13,15,19,22,26-27H,9-12H2,1-2H3. The maximum atomic E-state index is 13.1. The van der Waals surface area contributed by atoms with Crippen molar-refractivity contribution in [3.05, 3.63) is 70.3 Å². The smallest absolute Gasteiger partial charge is 0.253 e. The summed E-state index contributed by atoms with van der Waals surface area (Å²) in [7, 11) is 1.46. The summed E-state index contributed by atoms with van der Waals surface area (Å²) in [6.07, 6.45) is 2.12. The van der Waals surface area contributed by atoms with Gasteiger partial charge in [-0.3, -0.25) is 4.79 Å². The van der Waals surface area contributed by atoms with Crippen LogP contribution in [-0.4, -0.2) is 49.0 Å². The van der Waals surface area contributed by atoms with Crippen LogP contribution in [0.5, 0.6) is 0 Å². The molecule has 2 N–H and O–H groups in total. The number of nitrogens with one attached hydrogen (secondary N) is 2. The van der Waals surface area contributed by atoms with E-state index >= 15 is 0 Å². The van der Waals surface area contributed by atoms with Gasteiger partial charge >= 0.3 is 0 Å². The average Bonchev–Trinajstić information content (AvgIpc) is 2.80. The van der Waals surface area contributed by atoms with E-state index in [1.807, 2.05) is 42.2 Å². The molecule has 30 heavy (non-hydrogen) atoms. The Morgan fingerprint density at radius 1 is 1.23 bits per heavy atom. The molecule has 1 fully saturated rings. The molecular formula is C24H26N4O2. The molecule has 6 heteroatoms. The summed E-state index contributed by atoms with van der Waals surface area (Å²) >= 11 is 0. The Morgan fingerprint density at radius 2 is 1.90 bits per heavy atom. The van der Waals surface area contributed by atoms with E-state index in [4.69, 9.17) is 20.8 Å². The SMILES string of the molecule is COC(C=N)C(=N)c1cc(C(=O)N2CCC(c3ccc(C#N)cc3)CC2)ccc1C. The predicted molar refractivity (Wildman–Crippen MR) is 117 cm³/mol. The van der Waals surface area contributed by atoms with Gasteiger partial charge in [0.15, 0.2) is 0 Å². The molecule has 3 rings (SSSR count). The first-order valence-corrected chi connectivity index (χ1v) is 10.0. The normalized spacial score (nSPS) is 15.3. The maximum Gasteiger partial charge on any atom is 0.253 e. The second-order valence-corrected chi connectivity index (χ2v) is 7.57. The van der Waals surface area contributed by atoms with E-state index in [2.05, 4.69) is 6.07 Å². The molecule has 1 aliphatic rings. The number of benzene rings is 2. The molecule has 1 unspecified atom stereocenters. The van der Waals surface area contributed by atoms with Crippen molar-refractivity contribution in [2.24, 2.45) is 0 Å². The van der Waals surface area contributed by atoms with Gasteiger partial charge in [-0.1, -0.05) is 18.2 Å². The summed E-state index contributed by atoms with van der Waals surface area (Å²) in [5.41, 5.74) is 4.11. The Kier molecular flexibility index (Phi) is 6.76. The average molecular weight is 402 g/mol. The van der Waals surface area contributed by atoms with Crippen LogP contribution in [0.25, 0.3) is 0 Å². The lowest BCUT2D eigenvalue weighted by molar-refractivity contribution is 0.0713. The van der Waals surface area contributed by atoms with Crippen LogP contribution in [0, 0.1) is 29.1 Å². The number of piperidine rings is 1. The number of nitrogens with zero attached hydrogens (tertiary/aromatic N) is 2. The first-order chi connectivity index (χ1) is 14.5. The third-order valence-corrected chi connectivity index (χ3v) is 5.76. The van der Waals surface area contributed by atoms with Gasteiger partial charge in [-0.2, -0.15) is 5.26 Å². The Morgan fingerprint density at radius 3 is 2.47 bits per heavy atom. The van der Waals surface area contributed by atoms with Gasteiger partial charge in [-0.25, -0.2) is 0 Å². The van der Waals surface area contributed by atoms with Crippen LogP contribution in [0.15, 0.2) is 42.5 Å². The van der Waals surface area contributed by atoms with E-state index < -0.39 is 6.10 Å². The summed E-state index contributed by atoms with van der Waals surface area (Å²) < 4.78 is 5.17. The van der Waals surface area contributed by atoms with E-state index in [0.29, 0.717) is 35.7 Å². The quantitative estimate of drug-likeness (QED) is 0.716. The molecule has 0 spiro atoms. The molecule has 6 nitrogen and oxygen atoms in total. The van der Waals surface area contributed by atoms with Crippen molar-refractivity contribution in [3.8, 4) is 6.07 Å². The monoisotopic (exact) mass is 402 g/mol. The van der Waals surface area contributed by atoms with Crippen LogP contribution in [0.2, 0.25) is 0 Å². The fourth-order valence-corrected chi connectivity index (χ4v) is 3.90. The van der Waals surface area contributed by atoms with Crippen LogP contribution in [0.4, 0.5) is 0 Å². The number of carbonyl (C=O) groups excluding carboxylic acids is 1. The highest BCUT2D eigenvalue weighted by atomic mass is 16.5. The molecule has 1 amide bonds. The van der Waals surface area contributed by atoms with E-state index in [1.165, 1.54) is 12.7 Å². The first-order valence-electron chi connectivity index (χ1n) is 10.0. The lowest BCUT2D eigenvalue weighted by Gasteiger charge is -2.32. The number of carbonyl (C=O) groups is 1. The summed E-state index contributed by atoms with van der Waals surface area (Å²) in [6, 6.07) is 15.2. The highest BCUT2D eigenvalue weighted by Gasteiger charge is 2.25. The van der Waals surface area contributed by atoms with Gasteiger partial charge in [0, 0.05) is 37.5 Å². The van der Waals surface area contributed by atoms with Gasteiger partial charge in [-0.05, 0) is 61.1 Å². The van der Waals surface area contributed by atoms with Gasteiger partial charge < -0.3 is 20.5 Å². The molecule has 1 aliphatic heterocycles. The number of rotatable bonds is 6. The van der Waals surface area contributed by atoms with Crippen LogP contribution in [0.1, 0.15) is 51.4 Å². The zero-order valence-corrected chi connectivity index (χ0v) is 17.3. The number of amides is 1. The van der Waals surface area contributed by atoms with Crippen molar-refractivity contribution in [2.75, 3.05) is 20.2 Å². The second kappa shape index (κ2) is 9.47. The van der Waals surface area contributed by atoms with Crippen LogP contribution >= 0.6 is 0 Å². The van der Waals surface area contributed by atoms with E-state index in [0.717, 1.165) is 24.6 Å². The van der Waals surface area contributed by atoms with Gasteiger partial charge in [-0.15, -0.1) is 0 Å². The number of ether oxygens (including phenoxy) is 1. The third kappa shape index (κ3) is 4.47. The minimum Gasteiger partial charge on any atom is -0.369 e. The van der Waals surface area contributed by atoms with E-state index in [-0.39, 0.29) is 11.6 Å². The van der Waals surface area contributed by atoms with E-state index in [1.54, 1.807) is 12.1 Å². The number of nitriles is 1. The van der Waals surface area contributed by atoms with Crippen molar-refractivity contribution in [2.45, 2.75) is 31.8 Å². The van der Waals surface area contributed by atoms with Crippen molar-refractivity contribution >= 4 is 17.8 Å². The molecule has 0 radical (unpaired) electrons. The van der Waals surface area contributed by atoms with Crippen molar-refractivity contribution in [1.82, 2.24) is 4.90 Å². The number of likely N-dealkylation sites (tertiary alicyclic amines) is 1. The van der Waals surface area contributed by atoms with E-state index in [9.17, 15) is 4.79 Å². The number of hydrogen-bond donors (Lipinski definition) is 2. The molecule has 154 valence electrons. The fraction of sp³-hybridized carbons (Fsp3) is 0.333. The third-order valence-electron chi connectivity index (χ3n) is 5.76. The molecule has 0 bridgehead atoms. The van der Waals surface area contributed by atoms with Crippen molar-refractivity contribution < 1.29 is 9.53 Å². The molecule has 2 aromatic carbocycles. The first kappa shape index (κ1) is 21.4. The lowest BCUT2D eigenvalue weighted by atomic mass is 9.88. The van der Waals surface area contributed by atoms with Gasteiger partial charge in [0.2, 0.25) is 0 Å². The summed E-state index contributed by atoms with van der Waals surface area (Å²) in [5, 5.41) is 24.7. The van der Waals surface area contributed by atoms with Gasteiger partial charge in [0.25, 0.3) is 5.91 Å². The number of hydrogen-bond acceptors (Lipinski definition) is 5. The molecule has 1 saturated heterocycles. The highest BCUT2D eigenvalue weighted by Crippen LogP contribution is 2.29. The Hall–Kier alpha value is -3.30. The highest BCUT2D eigenvalue weighted by molar-refractivity contribution is 6.11. The minimum absolute atomic E-state index is 0.0360. The molecule has 0 saturated carbocycles. The second-order valence-electron chi connectivity index (χ2n) is 7.57. The fourth-order valence-electron chi connectivity index (χ4n) is 3.90. The topological polar surface area (TPSA) is 101 Å². The Balaban J connectivity index is 1.70. The molecule has 1 heterocycles. The van der Waals surface area contributed by atoms with Crippen molar-refractivity contribution in [1.29, 1.82) is 16.1 Å². The molecule has 1 atom stereocenters. The zero-order chi connectivity index (χ0) is 21.7. The summed E-state index contributed by atoms with van der Waals surface area (Å²) in [4.78, 5) is 14.9. The Bertz CT molecular complexity index is 983. The zero-order valence-electron chi connectivity index (χ0n) is 17.3. The minimum atomic E-state index is -0.725. The predicted octanol–water partition coefficient (Wildman–Crippen LogP) is 3.92. The van der Waals surface area contributed by atoms with Gasteiger partial charge in [0.05, 0.1) is 17.3 Å². The van der Waals surface area contributed by atoms with Crippen LogP contribution < -0.4 is 0 Å². The van der Waals surface area contributed by atoms with Crippen molar-refractivity contribution in [3.63, 3.8) is 0 Å². The Labute approximate surface area is 177 Å². The maximum absolute atomic E-state index is 13.1. The molecule has 2 aromatic rings. The van der Waals surface area contributed by atoms with Crippen LogP contribution in [0.3, 0.4) is 0 Å².